The van der Waals surface area contributed by atoms with Crippen LogP contribution in [0.25, 0.3) is 0 Å². The predicted octanol–water partition coefficient (Wildman–Crippen LogP) is -0.0534. The van der Waals surface area contributed by atoms with Crippen molar-refractivity contribution in [2.75, 3.05) is 18.5 Å². The summed E-state index contributed by atoms with van der Waals surface area (Å²) in [6.45, 7) is 0.0433. The Kier molecular flexibility index (Phi) is 2.50. The Morgan fingerprint density at radius 3 is 2.83 bits per heavy atom. The van der Waals surface area contributed by atoms with Gasteiger partial charge in [-0.05, 0) is 12.1 Å². The summed E-state index contributed by atoms with van der Waals surface area (Å²) in [5.74, 6) is 0.766. The number of hydrogen-bond acceptors (Lipinski definition) is 2. The highest BCUT2D eigenvalue weighted by Gasteiger charge is 2.10. The summed E-state index contributed by atoms with van der Waals surface area (Å²) >= 11 is 0. The summed E-state index contributed by atoms with van der Waals surface area (Å²) < 4.78 is 1.87. The number of carbonyl (C=O) groups excluding carboxylic acids is 1. The van der Waals surface area contributed by atoms with Crippen molar-refractivity contribution in [3.8, 4) is 0 Å². The SMILES string of the molecule is CN(C(=O)CN)c1cccn1C. The Morgan fingerprint density at radius 2 is 2.42 bits per heavy atom. The van der Waals surface area contributed by atoms with Crippen LogP contribution in [0.1, 0.15) is 0 Å². The van der Waals surface area contributed by atoms with E-state index in [0.717, 1.165) is 5.82 Å². The second kappa shape index (κ2) is 3.40. The van der Waals surface area contributed by atoms with Crippen LogP contribution in [0.3, 0.4) is 0 Å². The molecule has 66 valence electrons. The third-order valence-electron chi connectivity index (χ3n) is 1.81. The molecule has 1 amide bonds. The number of likely N-dealkylation sites (N-methyl/N-ethyl adjacent to an activating group) is 1. The fraction of sp³-hybridized carbons (Fsp3) is 0.375. The zero-order chi connectivity index (χ0) is 9.14. The van der Waals surface area contributed by atoms with E-state index < -0.39 is 0 Å². The van der Waals surface area contributed by atoms with Crippen LogP contribution in [0.5, 0.6) is 0 Å². The number of hydrogen-bond donors (Lipinski definition) is 1. The predicted molar refractivity (Wildman–Crippen MR) is 47.9 cm³/mol. The topological polar surface area (TPSA) is 51.3 Å². The molecular weight excluding hydrogens is 154 g/mol. The summed E-state index contributed by atoms with van der Waals surface area (Å²) in [7, 11) is 3.60. The molecule has 0 saturated heterocycles. The Bertz CT molecular complexity index is 280. The van der Waals surface area contributed by atoms with Crippen molar-refractivity contribution in [1.82, 2.24) is 4.57 Å². The largest absolute Gasteiger partial charge is 0.337 e. The Hall–Kier alpha value is -1.29. The molecule has 1 rings (SSSR count). The van der Waals surface area contributed by atoms with E-state index in [1.54, 1.807) is 11.9 Å². The van der Waals surface area contributed by atoms with E-state index in [-0.39, 0.29) is 12.5 Å². The van der Waals surface area contributed by atoms with Gasteiger partial charge in [-0.3, -0.25) is 4.79 Å². The molecule has 0 bridgehead atoms. The number of anilines is 1. The first-order chi connectivity index (χ1) is 5.66. The van der Waals surface area contributed by atoms with Crippen LogP contribution in [0.4, 0.5) is 5.82 Å². The van der Waals surface area contributed by atoms with Gasteiger partial charge in [-0.15, -0.1) is 0 Å². The fourth-order valence-electron chi connectivity index (χ4n) is 1.07. The number of nitrogens with zero attached hydrogens (tertiary/aromatic N) is 2. The van der Waals surface area contributed by atoms with Crippen LogP contribution in [-0.4, -0.2) is 24.1 Å². The molecule has 4 heteroatoms. The van der Waals surface area contributed by atoms with Crippen LogP contribution in [-0.2, 0) is 11.8 Å². The third kappa shape index (κ3) is 1.48. The van der Waals surface area contributed by atoms with Gasteiger partial charge in [0.05, 0.1) is 6.54 Å². The fourth-order valence-corrected chi connectivity index (χ4v) is 1.07. The number of aromatic nitrogens is 1. The maximum atomic E-state index is 11.2. The summed E-state index contributed by atoms with van der Waals surface area (Å²) in [5, 5.41) is 0. The molecule has 12 heavy (non-hydrogen) atoms. The summed E-state index contributed by atoms with van der Waals surface area (Å²) in [6, 6.07) is 3.75. The summed E-state index contributed by atoms with van der Waals surface area (Å²) in [4.78, 5) is 12.7. The molecule has 1 heterocycles. The summed E-state index contributed by atoms with van der Waals surface area (Å²) in [5.41, 5.74) is 5.23. The zero-order valence-corrected chi connectivity index (χ0v) is 7.32. The molecule has 2 N–H and O–H groups in total. The summed E-state index contributed by atoms with van der Waals surface area (Å²) in [6.07, 6.45) is 1.88. The minimum Gasteiger partial charge on any atom is -0.337 e. The van der Waals surface area contributed by atoms with Crippen LogP contribution in [0.15, 0.2) is 18.3 Å². The molecular formula is C8H13N3O. The molecule has 0 radical (unpaired) electrons. The number of carbonyl (C=O) groups is 1. The van der Waals surface area contributed by atoms with Crippen molar-refractivity contribution in [3.05, 3.63) is 18.3 Å². The van der Waals surface area contributed by atoms with Crippen LogP contribution >= 0.6 is 0 Å². The average molecular weight is 167 g/mol. The quantitative estimate of drug-likeness (QED) is 0.671. The molecule has 0 unspecified atom stereocenters. The van der Waals surface area contributed by atoms with Gasteiger partial charge in [0.25, 0.3) is 0 Å². The maximum Gasteiger partial charge on any atom is 0.241 e. The van der Waals surface area contributed by atoms with Gasteiger partial charge < -0.3 is 15.2 Å². The first kappa shape index (κ1) is 8.80. The van der Waals surface area contributed by atoms with Gasteiger partial charge in [0.15, 0.2) is 0 Å². The van der Waals surface area contributed by atoms with Crippen molar-refractivity contribution in [1.29, 1.82) is 0 Å². The number of amides is 1. The second-order valence-electron chi connectivity index (χ2n) is 2.63. The molecule has 4 nitrogen and oxygen atoms in total. The van der Waals surface area contributed by atoms with Gasteiger partial charge >= 0.3 is 0 Å². The van der Waals surface area contributed by atoms with Gasteiger partial charge in [-0.2, -0.15) is 0 Å². The molecule has 0 atom stereocenters. The van der Waals surface area contributed by atoms with Gasteiger partial charge in [0.1, 0.15) is 5.82 Å². The van der Waals surface area contributed by atoms with Gasteiger partial charge in [0, 0.05) is 20.3 Å². The zero-order valence-electron chi connectivity index (χ0n) is 7.32. The molecule has 0 aliphatic carbocycles. The lowest BCUT2D eigenvalue weighted by Gasteiger charge is -2.16. The minimum atomic E-state index is -0.0863. The van der Waals surface area contributed by atoms with Crippen LogP contribution in [0.2, 0.25) is 0 Å². The lowest BCUT2D eigenvalue weighted by Crippen LogP contribution is -2.33. The lowest BCUT2D eigenvalue weighted by atomic mass is 10.5. The molecule has 0 aromatic carbocycles. The number of nitrogens with two attached hydrogens (primary N) is 1. The van der Waals surface area contributed by atoms with Gasteiger partial charge in [-0.1, -0.05) is 0 Å². The Morgan fingerprint density at radius 1 is 1.75 bits per heavy atom. The average Bonchev–Trinajstić information content (AvgIpc) is 2.48. The van der Waals surface area contributed by atoms with Gasteiger partial charge in [-0.25, -0.2) is 0 Å². The molecule has 0 aliphatic rings. The molecule has 0 spiro atoms. The standard InChI is InChI=1S/C8H13N3O/c1-10-5-3-4-7(10)11(2)8(12)6-9/h3-5H,6,9H2,1-2H3. The van der Waals surface area contributed by atoms with E-state index >= 15 is 0 Å². The van der Waals surface area contributed by atoms with E-state index in [9.17, 15) is 4.79 Å². The molecule has 0 fully saturated rings. The Balaban J connectivity index is 2.84. The van der Waals surface area contributed by atoms with E-state index in [0.29, 0.717) is 0 Å². The van der Waals surface area contributed by atoms with Crippen molar-refractivity contribution < 1.29 is 4.79 Å². The number of aryl methyl sites for hydroxylation is 1. The van der Waals surface area contributed by atoms with Crippen LogP contribution < -0.4 is 10.6 Å². The van der Waals surface area contributed by atoms with Crippen molar-refractivity contribution in [2.24, 2.45) is 12.8 Å². The highest BCUT2D eigenvalue weighted by atomic mass is 16.2. The Labute approximate surface area is 71.6 Å². The van der Waals surface area contributed by atoms with E-state index in [4.69, 9.17) is 5.73 Å². The van der Waals surface area contributed by atoms with Crippen molar-refractivity contribution in [2.45, 2.75) is 0 Å². The van der Waals surface area contributed by atoms with Crippen LogP contribution in [0, 0.1) is 0 Å². The first-order valence-electron chi connectivity index (χ1n) is 3.74. The first-order valence-corrected chi connectivity index (χ1v) is 3.74. The molecule has 1 aromatic rings. The molecule has 0 aliphatic heterocycles. The maximum absolute atomic E-state index is 11.2. The van der Waals surface area contributed by atoms with E-state index in [2.05, 4.69) is 0 Å². The van der Waals surface area contributed by atoms with E-state index in [1.165, 1.54) is 0 Å². The van der Waals surface area contributed by atoms with Gasteiger partial charge in [0.2, 0.25) is 5.91 Å². The lowest BCUT2D eigenvalue weighted by molar-refractivity contribution is -0.117. The highest BCUT2D eigenvalue weighted by Crippen LogP contribution is 2.11. The monoisotopic (exact) mass is 167 g/mol. The van der Waals surface area contributed by atoms with Crippen molar-refractivity contribution >= 4 is 11.7 Å². The highest BCUT2D eigenvalue weighted by molar-refractivity contribution is 5.93. The molecule has 0 saturated carbocycles. The van der Waals surface area contributed by atoms with E-state index in [1.807, 2.05) is 29.9 Å². The molecule has 1 aromatic heterocycles. The third-order valence-corrected chi connectivity index (χ3v) is 1.81. The number of rotatable bonds is 2. The van der Waals surface area contributed by atoms with Crippen molar-refractivity contribution in [3.63, 3.8) is 0 Å². The minimum absolute atomic E-state index is 0.0433. The normalized spacial score (nSPS) is 9.92. The second-order valence-corrected chi connectivity index (χ2v) is 2.63. The smallest absolute Gasteiger partial charge is 0.241 e.